The predicted octanol–water partition coefficient (Wildman–Crippen LogP) is 6.32. The molecule has 0 heterocycles. The van der Waals surface area contributed by atoms with E-state index in [1.165, 1.54) is 30.5 Å². The van der Waals surface area contributed by atoms with E-state index in [1.54, 1.807) is 54.6 Å². The number of sulfonamides is 1. The van der Waals surface area contributed by atoms with E-state index in [4.69, 9.17) is 32.7 Å². The number of amides is 1. The minimum Gasteiger partial charge on any atom is -0.490 e. The molecule has 41 heavy (non-hydrogen) atoms. The Labute approximate surface area is 249 Å². The van der Waals surface area contributed by atoms with Crippen molar-refractivity contribution in [2.45, 2.75) is 18.4 Å². The Balaban J connectivity index is 1.46. The number of nitrogens with zero attached hydrogens (tertiary/aromatic N) is 2. The van der Waals surface area contributed by atoms with Crippen LogP contribution in [0, 0.1) is 0 Å². The number of hydrazone groups is 1. The van der Waals surface area contributed by atoms with Crippen molar-refractivity contribution in [3.8, 4) is 11.5 Å². The van der Waals surface area contributed by atoms with Crippen LogP contribution in [-0.2, 0) is 21.4 Å². The zero-order valence-corrected chi connectivity index (χ0v) is 24.4. The quantitative estimate of drug-likeness (QED) is 0.149. The minimum absolute atomic E-state index is 0.0485. The van der Waals surface area contributed by atoms with Crippen LogP contribution in [0.25, 0.3) is 0 Å². The topological polar surface area (TPSA) is 97.3 Å². The smallest absolute Gasteiger partial charge is 0.264 e. The highest BCUT2D eigenvalue weighted by Gasteiger charge is 2.27. The maximum absolute atomic E-state index is 13.4. The number of benzene rings is 4. The standard InChI is InChI=1S/C30H27Cl2N3O5S/c1-2-39-29-18-22(11-16-28(29)40-21-23-7-6-8-25(32)17-23)19-33-34-30(36)20-35(26-14-12-24(31)13-15-26)41(37,38)27-9-4-3-5-10-27/h3-19H,2,20-21H2,1H3,(H,34,36)/b33-19-. The largest absolute Gasteiger partial charge is 0.490 e. The first kappa shape index (κ1) is 29.9. The van der Waals surface area contributed by atoms with E-state index >= 15 is 0 Å². The zero-order chi connectivity index (χ0) is 29.2. The second-order valence-electron chi connectivity index (χ2n) is 8.65. The first-order valence-corrected chi connectivity index (χ1v) is 14.7. The number of hydrogen-bond donors (Lipinski definition) is 1. The molecule has 0 atom stereocenters. The highest BCUT2D eigenvalue weighted by molar-refractivity contribution is 7.92. The first-order valence-electron chi connectivity index (χ1n) is 12.6. The van der Waals surface area contributed by atoms with E-state index in [9.17, 15) is 13.2 Å². The number of carbonyl (C=O) groups is 1. The van der Waals surface area contributed by atoms with Crippen molar-refractivity contribution in [3.05, 3.63) is 118 Å². The Morgan fingerprint density at radius 2 is 1.63 bits per heavy atom. The highest BCUT2D eigenvalue weighted by Crippen LogP contribution is 2.29. The third-order valence-corrected chi connectivity index (χ3v) is 7.96. The molecule has 0 unspecified atom stereocenters. The van der Waals surface area contributed by atoms with Crippen LogP contribution in [-0.4, -0.2) is 33.7 Å². The highest BCUT2D eigenvalue weighted by atomic mass is 35.5. The lowest BCUT2D eigenvalue weighted by Gasteiger charge is -2.23. The summed E-state index contributed by atoms with van der Waals surface area (Å²) in [6.45, 7) is 2.08. The molecule has 0 aliphatic rings. The Kier molecular flexibility index (Phi) is 10.2. The predicted molar refractivity (Wildman–Crippen MR) is 162 cm³/mol. The molecule has 11 heteroatoms. The normalized spacial score (nSPS) is 11.3. The maximum atomic E-state index is 13.4. The van der Waals surface area contributed by atoms with Crippen LogP contribution in [0.15, 0.2) is 107 Å². The van der Waals surface area contributed by atoms with Crippen molar-refractivity contribution < 1.29 is 22.7 Å². The molecular formula is C30H27Cl2N3O5S. The van der Waals surface area contributed by atoms with E-state index in [0.717, 1.165) is 9.87 Å². The summed E-state index contributed by atoms with van der Waals surface area (Å²) >= 11 is 12.0. The summed E-state index contributed by atoms with van der Waals surface area (Å²) in [6, 6.07) is 26.6. The zero-order valence-electron chi connectivity index (χ0n) is 22.0. The molecule has 0 aliphatic carbocycles. The summed E-state index contributed by atoms with van der Waals surface area (Å²) in [5, 5.41) is 5.07. The number of hydrogen-bond acceptors (Lipinski definition) is 6. The molecular weight excluding hydrogens is 585 g/mol. The van der Waals surface area contributed by atoms with Crippen molar-refractivity contribution in [1.29, 1.82) is 0 Å². The van der Waals surface area contributed by atoms with Crippen LogP contribution in [0.1, 0.15) is 18.1 Å². The monoisotopic (exact) mass is 611 g/mol. The molecule has 0 fully saturated rings. The lowest BCUT2D eigenvalue weighted by Crippen LogP contribution is -2.39. The Bertz CT molecular complexity index is 1620. The van der Waals surface area contributed by atoms with E-state index in [1.807, 2.05) is 25.1 Å². The molecule has 0 saturated heterocycles. The van der Waals surface area contributed by atoms with Crippen molar-refractivity contribution in [1.82, 2.24) is 5.43 Å². The Morgan fingerprint density at radius 3 is 2.34 bits per heavy atom. The van der Waals surface area contributed by atoms with E-state index < -0.39 is 22.5 Å². The number of halogens is 2. The third kappa shape index (κ3) is 8.23. The molecule has 1 amide bonds. The molecule has 0 aliphatic heterocycles. The van der Waals surface area contributed by atoms with Gasteiger partial charge in [0.25, 0.3) is 15.9 Å². The molecule has 0 aromatic heterocycles. The average molecular weight is 613 g/mol. The molecule has 0 radical (unpaired) electrons. The van der Waals surface area contributed by atoms with Crippen molar-refractivity contribution in [3.63, 3.8) is 0 Å². The van der Waals surface area contributed by atoms with Crippen LogP contribution < -0.4 is 19.2 Å². The Hall–Kier alpha value is -4.05. The number of rotatable bonds is 12. The fourth-order valence-corrected chi connectivity index (χ4v) is 5.55. The summed E-state index contributed by atoms with van der Waals surface area (Å²) in [7, 11) is -4.04. The van der Waals surface area contributed by atoms with Gasteiger partial charge in [-0.2, -0.15) is 5.10 Å². The lowest BCUT2D eigenvalue weighted by molar-refractivity contribution is -0.119. The fraction of sp³-hybridized carbons (Fsp3) is 0.133. The number of anilines is 1. The van der Waals surface area contributed by atoms with E-state index in [2.05, 4.69) is 10.5 Å². The van der Waals surface area contributed by atoms with Gasteiger partial charge in [0.1, 0.15) is 13.2 Å². The first-order chi connectivity index (χ1) is 19.8. The molecule has 0 bridgehead atoms. The second-order valence-corrected chi connectivity index (χ2v) is 11.4. The SMILES string of the molecule is CCOc1cc(/C=N\NC(=O)CN(c2ccc(Cl)cc2)S(=O)(=O)c2ccccc2)ccc1OCc1cccc(Cl)c1. The second kappa shape index (κ2) is 14.0. The van der Waals surface area contributed by atoms with Crippen LogP contribution in [0.5, 0.6) is 11.5 Å². The van der Waals surface area contributed by atoms with Crippen molar-refractivity contribution in [2.75, 3.05) is 17.5 Å². The maximum Gasteiger partial charge on any atom is 0.264 e. The van der Waals surface area contributed by atoms with Gasteiger partial charge in [-0.3, -0.25) is 9.10 Å². The van der Waals surface area contributed by atoms with Gasteiger partial charge in [0.2, 0.25) is 0 Å². The van der Waals surface area contributed by atoms with Gasteiger partial charge in [-0.1, -0.05) is 53.5 Å². The van der Waals surface area contributed by atoms with Crippen LogP contribution >= 0.6 is 23.2 Å². The Morgan fingerprint density at radius 1 is 0.878 bits per heavy atom. The molecule has 4 aromatic carbocycles. The number of nitrogens with one attached hydrogen (secondary N) is 1. The summed E-state index contributed by atoms with van der Waals surface area (Å²) in [5.41, 5.74) is 4.23. The molecule has 4 rings (SSSR count). The fourth-order valence-electron chi connectivity index (χ4n) is 3.77. The van der Waals surface area contributed by atoms with Crippen LogP contribution in [0.3, 0.4) is 0 Å². The van der Waals surface area contributed by atoms with Gasteiger partial charge in [-0.05, 0) is 84.8 Å². The third-order valence-electron chi connectivity index (χ3n) is 5.69. The summed E-state index contributed by atoms with van der Waals surface area (Å²) in [6.07, 6.45) is 1.43. The molecule has 8 nitrogen and oxygen atoms in total. The van der Waals surface area contributed by atoms with E-state index in [-0.39, 0.29) is 10.6 Å². The molecule has 4 aromatic rings. The summed E-state index contributed by atoms with van der Waals surface area (Å²) in [5.74, 6) is 0.410. The van der Waals surface area contributed by atoms with Gasteiger partial charge in [0.05, 0.1) is 23.4 Å². The minimum atomic E-state index is -4.04. The summed E-state index contributed by atoms with van der Waals surface area (Å²) < 4.78 is 39.4. The lowest BCUT2D eigenvalue weighted by atomic mass is 10.2. The van der Waals surface area contributed by atoms with Crippen molar-refractivity contribution >= 4 is 51.0 Å². The van der Waals surface area contributed by atoms with Gasteiger partial charge < -0.3 is 9.47 Å². The number of carbonyl (C=O) groups excluding carboxylic acids is 1. The van der Waals surface area contributed by atoms with Gasteiger partial charge in [-0.25, -0.2) is 13.8 Å². The van der Waals surface area contributed by atoms with E-state index in [0.29, 0.717) is 40.3 Å². The molecule has 0 saturated carbocycles. The van der Waals surface area contributed by atoms with Gasteiger partial charge in [-0.15, -0.1) is 0 Å². The van der Waals surface area contributed by atoms with Crippen LogP contribution in [0.4, 0.5) is 5.69 Å². The van der Waals surface area contributed by atoms with Gasteiger partial charge in [0.15, 0.2) is 11.5 Å². The van der Waals surface area contributed by atoms with Gasteiger partial charge >= 0.3 is 0 Å². The molecule has 212 valence electrons. The van der Waals surface area contributed by atoms with Gasteiger partial charge in [0, 0.05) is 10.0 Å². The molecule has 1 N–H and O–H groups in total. The van der Waals surface area contributed by atoms with Crippen molar-refractivity contribution in [2.24, 2.45) is 5.10 Å². The van der Waals surface area contributed by atoms with Crippen LogP contribution in [0.2, 0.25) is 10.0 Å². The summed E-state index contributed by atoms with van der Waals surface area (Å²) in [4.78, 5) is 12.9. The average Bonchev–Trinajstić information content (AvgIpc) is 2.97. The molecule has 0 spiro atoms. The number of ether oxygens (including phenoxy) is 2.